The maximum absolute atomic E-state index is 13.1. The molecule has 4 N–H and O–H groups in total. The van der Waals surface area contributed by atoms with E-state index in [2.05, 4.69) is 80.8 Å². The molecule has 0 unspecified atom stereocenters. The van der Waals surface area contributed by atoms with Gasteiger partial charge in [-0.1, -0.05) is 73.9 Å². The van der Waals surface area contributed by atoms with Crippen molar-refractivity contribution in [3.8, 4) is 0 Å². The minimum Gasteiger partial charge on any atom is -0.381 e. The van der Waals surface area contributed by atoms with Gasteiger partial charge in [-0.2, -0.15) is 0 Å². The zero-order valence-electron chi connectivity index (χ0n) is 22.3. The largest absolute Gasteiger partial charge is 0.381 e. The Morgan fingerprint density at radius 3 is 2.26 bits per heavy atom. The van der Waals surface area contributed by atoms with Crippen molar-refractivity contribution in [2.75, 3.05) is 36.8 Å². The fraction of sp³-hybridized carbons (Fsp3) is 0.406. The normalized spacial score (nSPS) is 16.6. The van der Waals surface area contributed by atoms with Crippen LogP contribution in [0.3, 0.4) is 0 Å². The maximum atomic E-state index is 13.1. The van der Waals surface area contributed by atoms with Gasteiger partial charge in [-0.3, -0.25) is 9.69 Å². The van der Waals surface area contributed by atoms with E-state index >= 15 is 0 Å². The molecule has 1 amide bonds. The van der Waals surface area contributed by atoms with E-state index in [4.69, 9.17) is 0 Å². The molecule has 6 nitrogen and oxygen atoms in total. The number of hydrogen-bond acceptors (Lipinski definition) is 5. The molecule has 3 aromatic rings. The number of nitrogens with one attached hydrogen (secondary N) is 4. The summed E-state index contributed by atoms with van der Waals surface area (Å²) in [4.78, 5) is 15.6. The lowest BCUT2D eigenvalue weighted by molar-refractivity contribution is 0.0951. The SMILES string of the molecule is O=C(NCc1ccc(CN2CCNCC2)cc1)c1ccc(NC2CCCCC2)c(NCc2ccccc2)c1. The number of amides is 1. The quantitative estimate of drug-likeness (QED) is 0.294. The molecule has 200 valence electrons. The first kappa shape index (κ1) is 26.3. The highest BCUT2D eigenvalue weighted by atomic mass is 16.1. The van der Waals surface area contributed by atoms with E-state index in [1.54, 1.807) is 0 Å². The maximum Gasteiger partial charge on any atom is 0.251 e. The molecule has 1 aliphatic heterocycles. The van der Waals surface area contributed by atoms with Gasteiger partial charge in [-0.05, 0) is 47.7 Å². The van der Waals surface area contributed by atoms with E-state index in [1.165, 1.54) is 43.2 Å². The van der Waals surface area contributed by atoms with Crippen LogP contribution in [-0.4, -0.2) is 43.0 Å². The first-order valence-electron chi connectivity index (χ1n) is 14.2. The van der Waals surface area contributed by atoms with Crippen molar-refractivity contribution < 1.29 is 4.79 Å². The predicted molar refractivity (Wildman–Crippen MR) is 156 cm³/mol. The molecule has 1 saturated carbocycles. The Kier molecular flexibility index (Phi) is 9.29. The lowest BCUT2D eigenvalue weighted by Crippen LogP contribution is -2.42. The summed E-state index contributed by atoms with van der Waals surface area (Å²) in [5.74, 6) is -0.0538. The van der Waals surface area contributed by atoms with Crippen LogP contribution in [0.5, 0.6) is 0 Å². The predicted octanol–water partition coefficient (Wildman–Crippen LogP) is 5.38. The smallest absolute Gasteiger partial charge is 0.251 e. The van der Waals surface area contributed by atoms with Gasteiger partial charge < -0.3 is 21.3 Å². The Hall–Kier alpha value is -3.35. The third-order valence-corrected chi connectivity index (χ3v) is 7.66. The van der Waals surface area contributed by atoms with Crippen LogP contribution in [0, 0.1) is 0 Å². The van der Waals surface area contributed by atoms with Gasteiger partial charge in [0.05, 0.1) is 11.4 Å². The summed E-state index contributed by atoms with van der Waals surface area (Å²) in [7, 11) is 0. The Bertz CT molecular complexity index is 1150. The molecule has 0 atom stereocenters. The minimum absolute atomic E-state index is 0.0538. The van der Waals surface area contributed by atoms with Crippen LogP contribution in [0.4, 0.5) is 11.4 Å². The molecule has 6 heteroatoms. The Balaban J connectivity index is 1.21. The summed E-state index contributed by atoms with van der Waals surface area (Å²) >= 11 is 0. The van der Waals surface area contributed by atoms with Crippen molar-refractivity contribution in [1.29, 1.82) is 0 Å². The van der Waals surface area contributed by atoms with Gasteiger partial charge in [0.1, 0.15) is 0 Å². The van der Waals surface area contributed by atoms with E-state index in [1.807, 2.05) is 18.2 Å². The third kappa shape index (κ3) is 7.59. The third-order valence-electron chi connectivity index (χ3n) is 7.66. The second-order valence-electron chi connectivity index (χ2n) is 10.6. The van der Waals surface area contributed by atoms with Gasteiger partial charge in [0.15, 0.2) is 0 Å². The molecular weight excluding hydrogens is 470 g/mol. The molecule has 5 rings (SSSR count). The number of benzene rings is 3. The highest BCUT2D eigenvalue weighted by Gasteiger charge is 2.16. The lowest BCUT2D eigenvalue weighted by Gasteiger charge is -2.27. The number of hydrogen-bond donors (Lipinski definition) is 4. The topological polar surface area (TPSA) is 68.4 Å². The molecule has 3 aromatic carbocycles. The average Bonchev–Trinajstić information content (AvgIpc) is 2.98. The van der Waals surface area contributed by atoms with Crippen molar-refractivity contribution in [2.45, 2.75) is 57.8 Å². The zero-order chi connectivity index (χ0) is 26.0. The number of anilines is 2. The number of carbonyl (C=O) groups is 1. The van der Waals surface area contributed by atoms with Crippen LogP contribution >= 0.6 is 0 Å². The molecule has 2 fully saturated rings. The highest BCUT2D eigenvalue weighted by Crippen LogP contribution is 2.28. The standard InChI is InChI=1S/C32H41N5O/c38-32(35-23-26-11-13-27(14-12-26)24-37-19-17-33-18-20-37)28-15-16-30(36-29-9-5-2-6-10-29)31(21-28)34-22-25-7-3-1-4-8-25/h1,3-4,7-8,11-16,21,29,33-34,36H,2,5-6,9-10,17-20,22-24H2,(H,35,38). The minimum atomic E-state index is -0.0538. The molecule has 0 aromatic heterocycles. The first-order valence-corrected chi connectivity index (χ1v) is 14.2. The Morgan fingerprint density at radius 1 is 0.789 bits per heavy atom. The van der Waals surface area contributed by atoms with E-state index in [0.29, 0.717) is 24.7 Å². The molecule has 0 bridgehead atoms. The summed E-state index contributed by atoms with van der Waals surface area (Å²) in [6, 6.07) is 25.5. The van der Waals surface area contributed by atoms with E-state index in [0.717, 1.165) is 49.7 Å². The van der Waals surface area contributed by atoms with Crippen LogP contribution in [0.1, 0.15) is 59.2 Å². The molecule has 38 heavy (non-hydrogen) atoms. The summed E-state index contributed by atoms with van der Waals surface area (Å²) in [5, 5.41) is 13.8. The van der Waals surface area contributed by atoms with Gasteiger partial charge in [0.25, 0.3) is 5.91 Å². The summed E-state index contributed by atoms with van der Waals surface area (Å²) in [5.41, 5.74) is 6.36. The molecule has 1 aliphatic carbocycles. The Morgan fingerprint density at radius 2 is 1.50 bits per heavy atom. The Labute approximate surface area is 227 Å². The average molecular weight is 512 g/mol. The fourth-order valence-corrected chi connectivity index (χ4v) is 5.39. The number of piperazine rings is 1. The van der Waals surface area contributed by atoms with E-state index in [9.17, 15) is 4.79 Å². The molecule has 0 spiro atoms. The summed E-state index contributed by atoms with van der Waals surface area (Å²) in [6.45, 7) is 6.52. The fourth-order valence-electron chi connectivity index (χ4n) is 5.39. The second kappa shape index (κ2) is 13.4. The van der Waals surface area contributed by atoms with Crippen molar-refractivity contribution in [2.24, 2.45) is 0 Å². The van der Waals surface area contributed by atoms with E-state index in [-0.39, 0.29) is 5.91 Å². The van der Waals surface area contributed by atoms with Gasteiger partial charge in [-0.25, -0.2) is 0 Å². The van der Waals surface area contributed by atoms with Gasteiger partial charge >= 0.3 is 0 Å². The summed E-state index contributed by atoms with van der Waals surface area (Å²) < 4.78 is 0. The van der Waals surface area contributed by atoms with E-state index < -0.39 is 0 Å². The molecule has 1 saturated heterocycles. The van der Waals surface area contributed by atoms with Gasteiger partial charge in [-0.15, -0.1) is 0 Å². The van der Waals surface area contributed by atoms with Crippen molar-refractivity contribution in [3.05, 3.63) is 95.1 Å². The lowest BCUT2D eigenvalue weighted by atomic mass is 9.95. The first-order chi connectivity index (χ1) is 18.7. The number of nitrogens with zero attached hydrogens (tertiary/aromatic N) is 1. The second-order valence-corrected chi connectivity index (χ2v) is 10.6. The molecule has 0 radical (unpaired) electrons. The number of rotatable bonds is 10. The zero-order valence-corrected chi connectivity index (χ0v) is 22.3. The van der Waals surface area contributed by atoms with Crippen LogP contribution < -0.4 is 21.3 Å². The molecular formula is C32H41N5O. The number of carbonyl (C=O) groups excluding carboxylic acids is 1. The van der Waals surface area contributed by atoms with Gasteiger partial charge in [0.2, 0.25) is 0 Å². The van der Waals surface area contributed by atoms with Gasteiger partial charge in [0, 0.05) is 57.4 Å². The van der Waals surface area contributed by atoms with Crippen LogP contribution in [-0.2, 0) is 19.6 Å². The van der Waals surface area contributed by atoms with Crippen molar-refractivity contribution in [3.63, 3.8) is 0 Å². The summed E-state index contributed by atoms with van der Waals surface area (Å²) in [6.07, 6.45) is 6.29. The van der Waals surface area contributed by atoms with Crippen molar-refractivity contribution in [1.82, 2.24) is 15.5 Å². The van der Waals surface area contributed by atoms with Crippen molar-refractivity contribution >= 4 is 17.3 Å². The molecule has 1 heterocycles. The highest BCUT2D eigenvalue weighted by molar-refractivity contribution is 5.96. The van der Waals surface area contributed by atoms with Crippen LogP contribution in [0.25, 0.3) is 0 Å². The van der Waals surface area contributed by atoms with Crippen LogP contribution in [0.2, 0.25) is 0 Å². The monoisotopic (exact) mass is 511 g/mol. The molecule has 2 aliphatic rings. The van der Waals surface area contributed by atoms with Crippen LogP contribution in [0.15, 0.2) is 72.8 Å².